The summed E-state index contributed by atoms with van der Waals surface area (Å²) in [5, 5.41) is 2.68. The van der Waals surface area contributed by atoms with Crippen LogP contribution in [0.4, 0.5) is 4.39 Å². The van der Waals surface area contributed by atoms with Crippen LogP contribution in [0.25, 0.3) is 0 Å². The van der Waals surface area contributed by atoms with E-state index in [9.17, 15) is 9.18 Å². The Morgan fingerprint density at radius 3 is 2.22 bits per heavy atom. The first-order valence-electron chi connectivity index (χ1n) is 5.75. The van der Waals surface area contributed by atoms with Crippen molar-refractivity contribution >= 4 is 21.8 Å². The molecule has 3 N–H and O–H groups in total. The van der Waals surface area contributed by atoms with Crippen LogP contribution in [0.3, 0.4) is 0 Å². The van der Waals surface area contributed by atoms with Gasteiger partial charge < -0.3 is 11.1 Å². The van der Waals surface area contributed by atoms with Gasteiger partial charge in [0, 0.05) is 11.6 Å². The van der Waals surface area contributed by atoms with E-state index >= 15 is 0 Å². The molecule has 0 aliphatic heterocycles. The van der Waals surface area contributed by atoms with Gasteiger partial charge in [0.15, 0.2) is 0 Å². The quantitative estimate of drug-likeness (QED) is 0.880. The number of carbonyl (C=O) groups excluding carboxylic acids is 1. The predicted octanol–water partition coefficient (Wildman–Crippen LogP) is 3.08. The second-order valence-electron chi connectivity index (χ2n) is 4.50. The Hall–Kier alpha value is -0.940. The van der Waals surface area contributed by atoms with Crippen molar-refractivity contribution in [3.8, 4) is 0 Å². The molecule has 18 heavy (non-hydrogen) atoms. The molecule has 1 aromatic rings. The third-order valence-electron chi connectivity index (χ3n) is 1.60. The van der Waals surface area contributed by atoms with E-state index in [0.29, 0.717) is 16.1 Å². The lowest BCUT2D eigenvalue weighted by molar-refractivity contribution is 0.0942. The number of nitrogens with two attached hydrogens (primary N) is 1. The largest absolute Gasteiger partial charge is 0.350 e. The number of hydrogen-bond donors (Lipinski definition) is 2. The van der Waals surface area contributed by atoms with Crippen molar-refractivity contribution in [1.82, 2.24) is 5.32 Å². The molecule has 0 unspecified atom stereocenters. The Balaban J connectivity index is 0.000000631. The summed E-state index contributed by atoms with van der Waals surface area (Å²) >= 11 is 3.02. The molecule has 0 fully saturated rings. The van der Waals surface area contributed by atoms with Crippen LogP contribution in [0.5, 0.6) is 0 Å². The summed E-state index contributed by atoms with van der Waals surface area (Å²) in [5.41, 5.74) is 5.44. The summed E-state index contributed by atoms with van der Waals surface area (Å²) < 4.78 is 13.4. The minimum absolute atomic E-state index is 0.0502. The molecule has 0 aliphatic carbocycles. The zero-order valence-electron chi connectivity index (χ0n) is 11.1. The molecule has 1 rings (SSSR count). The minimum Gasteiger partial charge on any atom is -0.350 e. The number of nitrogens with one attached hydrogen (secondary N) is 1. The number of amides is 1. The SMILES string of the molecule is CC(C)N.CC(C)NC(=O)c1ccc(Br)c(F)c1. The Labute approximate surface area is 116 Å². The highest BCUT2D eigenvalue weighted by molar-refractivity contribution is 9.10. The lowest BCUT2D eigenvalue weighted by Gasteiger charge is -2.08. The molecule has 3 nitrogen and oxygen atoms in total. The fourth-order valence-electron chi connectivity index (χ4n) is 0.983. The first-order chi connectivity index (χ1) is 8.23. The second kappa shape index (κ2) is 8.21. The van der Waals surface area contributed by atoms with Crippen LogP contribution >= 0.6 is 15.9 Å². The maximum Gasteiger partial charge on any atom is 0.251 e. The molecule has 0 saturated heterocycles. The molecular formula is C13H20BrFN2O. The van der Waals surface area contributed by atoms with Crippen molar-refractivity contribution in [2.24, 2.45) is 5.73 Å². The van der Waals surface area contributed by atoms with Crippen LogP contribution in [0.15, 0.2) is 22.7 Å². The molecule has 102 valence electrons. The van der Waals surface area contributed by atoms with Gasteiger partial charge >= 0.3 is 0 Å². The van der Waals surface area contributed by atoms with Crippen LogP contribution in [0.1, 0.15) is 38.1 Å². The highest BCUT2D eigenvalue weighted by Crippen LogP contribution is 2.16. The molecule has 0 heterocycles. The van der Waals surface area contributed by atoms with Crippen LogP contribution in [-0.4, -0.2) is 18.0 Å². The van der Waals surface area contributed by atoms with E-state index in [2.05, 4.69) is 21.2 Å². The van der Waals surface area contributed by atoms with Gasteiger partial charge in [0.2, 0.25) is 0 Å². The fraction of sp³-hybridized carbons (Fsp3) is 0.462. The molecule has 0 saturated carbocycles. The summed E-state index contributed by atoms with van der Waals surface area (Å²) in [7, 11) is 0. The summed E-state index contributed by atoms with van der Waals surface area (Å²) in [5.74, 6) is -0.687. The van der Waals surface area contributed by atoms with E-state index in [1.54, 1.807) is 6.07 Å². The van der Waals surface area contributed by atoms with Crippen molar-refractivity contribution in [2.75, 3.05) is 0 Å². The highest BCUT2D eigenvalue weighted by Gasteiger charge is 2.08. The normalized spacial score (nSPS) is 10.1. The maximum absolute atomic E-state index is 13.1. The topological polar surface area (TPSA) is 55.1 Å². The van der Waals surface area contributed by atoms with E-state index in [1.807, 2.05) is 27.7 Å². The fourth-order valence-corrected chi connectivity index (χ4v) is 1.23. The average Bonchev–Trinajstić information content (AvgIpc) is 2.20. The summed E-state index contributed by atoms with van der Waals surface area (Å²) in [4.78, 5) is 11.4. The van der Waals surface area contributed by atoms with Gasteiger partial charge in [-0.3, -0.25) is 4.79 Å². The first-order valence-corrected chi connectivity index (χ1v) is 6.54. The molecule has 0 spiro atoms. The van der Waals surface area contributed by atoms with Gasteiger partial charge in [0.25, 0.3) is 5.91 Å². The van der Waals surface area contributed by atoms with Gasteiger partial charge in [0.1, 0.15) is 5.82 Å². The summed E-state index contributed by atoms with van der Waals surface area (Å²) in [6.07, 6.45) is 0. The molecule has 0 bridgehead atoms. The lowest BCUT2D eigenvalue weighted by atomic mass is 10.2. The van der Waals surface area contributed by atoms with Gasteiger partial charge in [-0.25, -0.2) is 4.39 Å². The monoisotopic (exact) mass is 318 g/mol. The van der Waals surface area contributed by atoms with Crippen molar-refractivity contribution in [1.29, 1.82) is 0 Å². The van der Waals surface area contributed by atoms with E-state index in [-0.39, 0.29) is 11.9 Å². The molecule has 0 aliphatic rings. The molecule has 0 atom stereocenters. The number of carbonyl (C=O) groups is 1. The van der Waals surface area contributed by atoms with Gasteiger partial charge in [-0.15, -0.1) is 0 Å². The second-order valence-corrected chi connectivity index (χ2v) is 5.36. The standard InChI is InChI=1S/C10H11BrFNO.C3H9N/c1-6(2)13-10(14)7-3-4-8(11)9(12)5-7;1-3(2)4/h3-6H,1-2H3,(H,13,14);3H,4H2,1-2H3. The summed E-state index contributed by atoms with van der Waals surface area (Å²) in [6, 6.07) is 4.69. The minimum atomic E-state index is -0.429. The molecule has 1 amide bonds. The van der Waals surface area contributed by atoms with Crippen molar-refractivity contribution in [3.05, 3.63) is 34.1 Å². The van der Waals surface area contributed by atoms with E-state index in [1.165, 1.54) is 12.1 Å². The lowest BCUT2D eigenvalue weighted by Crippen LogP contribution is -2.30. The Morgan fingerprint density at radius 2 is 1.83 bits per heavy atom. The van der Waals surface area contributed by atoms with Crippen molar-refractivity contribution < 1.29 is 9.18 Å². The van der Waals surface area contributed by atoms with Gasteiger partial charge in [-0.1, -0.05) is 13.8 Å². The van der Waals surface area contributed by atoms with Gasteiger partial charge in [-0.05, 0) is 54.0 Å². The zero-order valence-corrected chi connectivity index (χ0v) is 12.7. The first kappa shape index (κ1) is 17.1. The number of hydrogen-bond acceptors (Lipinski definition) is 2. The van der Waals surface area contributed by atoms with Crippen LogP contribution in [0.2, 0.25) is 0 Å². The zero-order chi connectivity index (χ0) is 14.3. The molecule has 0 radical (unpaired) electrons. The maximum atomic E-state index is 13.1. The van der Waals surface area contributed by atoms with Crippen LogP contribution < -0.4 is 11.1 Å². The predicted molar refractivity (Wildman–Crippen MR) is 76.0 cm³/mol. The molecule has 1 aromatic carbocycles. The van der Waals surface area contributed by atoms with Crippen molar-refractivity contribution in [2.45, 2.75) is 39.8 Å². The highest BCUT2D eigenvalue weighted by atomic mass is 79.9. The van der Waals surface area contributed by atoms with E-state index < -0.39 is 5.82 Å². The van der Waals surface area contributed by atoms with Gasteiger partial charge in [-0.2, -0.15) is 0 Å². The Bertz CT molecular complexity index is 392. The molecular weight excluding hydrogens is 299 g/mol. The number of halogens is 2. The Kier molecular flexibility index (Phi) is 7.78. The Morgan fingerprint density at radius 1 is 1.33 bits per heavy atom. The van der Waals surface area contributed by atoms with Crippen molar-refractivity contribution in [3.63, 3.8) is 0 Å². The van der Waals surface area contributed by atoms with E-state index in [0.717, 1.165) is 0 Å². The third-order valence-corrected chi connectivity index (χ3v) is 2.24. The summed E-state index contributed by atoms with van der Waals surface area (Å²) in [6.45, 7) is 7.60. The van der Waals surface area contributed by atoms with E-state index in [4.69, 9.17) is 5.73 Å². The molecule has 0 aromatic heterocycles. The number of benzene rings is 1. The van der Waals surface area contributed by atoms with Crippen LogP contribution in [0, 0.1) is 5.82 Å². The number of rotatable bonds is 2. The third kappa shape index (κ3) is 7.40. The van der Waals surface area contributed by atoms with Crippen LogP contribution in [-0.2, 0) is 0 Å². The smallest absolute Gasteiger partial charge is 0.251 e. The average molecular weight is 319 g/mol. The van der Waals surface area contributed by atoms with Gasteiger partial charge in [0.05, 0.1) is 4.47 Å². The molecule has 5 heteroatoms.